The van der Waals surface area contributed by atoms with Gasteiger partial charge in [-0.25, -0.2) is 17.9 Å². The van der Waals surface area contributed by atoms with Crippen molar-refractivity contribution in [3.05, 3.63) is 71.8 Å². The monoisotopic (exact) mass is 288 g/mol. The van der Waals surface area contributed by atoms with Gasteiger partial charge in [0, 0.05) is 23.9 Å². The van der Waals surface area contributed by atoms with Crippen molar-refractivity contribution in [2.45, 2.75) is 6.92 Å². The van der Waals surface area contributed by atoms with Crippen LogP contribution in [-0.2, 0) is 0 Å². The van der Waals surface area contributed by atoms with Gasteiger partial charge in [-0.05, 0) is 12.5 Å². The van der Waals surface area contributed by atoms with Crippen LogP contribution in [0.2, 0.25) is 0 Å². The van der Waals surface area contributed by atoms with Crippen molar-refractivity contribution in [3.8, 4) is 16.8 Å². The highest BCUT2D eigenvalue weighted by Crippen LogP contribution is 2.22. The zero-order chi connectivity index (χ0) is 15.0. The van der Waals surface area contributed by atoms with Crippen LogP contribution in [0.25, 0.3) is 16.8 Å². The average molecular weight is 288 g/mol. The number of halogens is 3. The van der Waals surface area contributed by atoms with Gasteiger partial charge in [-0.15, -0.1) is 0 Å². The highest BCUT2D eigenvalue weighted by molar-refractivity contribution is 5.63. The van der Waals surface area contributed by atoms with Gasteiger partial charge in [0.2, 0.25) is 0 Å². The van der Waals surface area contributed by atoms with E-state index >= 15 is 0 Å². The lowest BCUT2D eigenvalue weighted by Crippen LogP contribution is -1.99. The number of hydrogen-bond donors (Lipinski definition) is 0. The highest BCUT2D eigenvalue weighted by atomic mass is 19.2. The predicted molar refractivity (Wildman–Crippen MR) is 73.6 cm³/mol. The van der Waals surface area contributed by atoms with E-state index in [0.717, 1.165) is 28.8 Å². The summed E-state index contributed by atoms with van der Waals surface area (Å²) >= 11 is 0. The van der Waals surface area contributed by atoms with Crippen LogP contribution in [0.3, 0.4) is 0 Å². The van der Waals surface area contributed by atoms with Gasteiger partial charge in [0.05, 0.1) is 11.9 Å². The molecule has 0 aliphatic carbocycles. The van der Waals surface area contributed by atoms with Crippen molar-refractivity contribution < 1.29 is 13.2 Å². The molecule has 0 unspecified atom stereocenters. The molecule has 0 radical (unpaired) electrons. The number of aromatic nitrogens is 2. The number of rotatable bonds is 2. The number of benzene rings is 2. The van der Waals surface area contributed by atoms with Crippen LogP contribution in [0.4, 0.5) is 13.2 Å². The minimum atomic E-state index is -1.48. The summed E-state index contributed by atoms with van der Waals surface area (Å²) in [6.07, 6.45) is 3.23. The summed E-state index contributed by atoms with van der Waals surface area (Å²) in [5.74, 6) is -3.96. The summed E-state index contributed by atoms with van der Waals surface area (Å²) in [5.41, 5.74) is 2.98. The van der Waals surface area contributed by atoms with Crippen molar-refractivity contribution >= 4 is 0 Å². The van der Waals surface area contributed by atoms with Gasteiger partial charge in [-0.3, -0.25) is 0 Å². The van der Waals surface area contributed by atoms with Crippen LogP contribution >= 0.6 is 0 Å². The molecule has 0 fully saturated rings. The van der Waals surface area contributed by atoms with Crippen molar-refractivity contribution in [2.75, 3.05) is 0 Å². The van der Waals surface area contributed by atoms with Gasteiger partial charge in [0.15, 0.2) is 17.5 Å². The Morgan fingerprint density at radius 3 is 2.33 bits per heavy atom. The summed E-state index contributed by atoms with van der Waals surface area (Å²) < 4.78 is 40.8. The Kier molecular flexibility index (Phi) is 3.25. The lowest BCUT2D eigenvalue weighted by atomic mass is 10.1. The quantitative estimate of drug-likeness (QED) is 0.644. The first-order chi connectivity index (χ1) is 10.0. The first-order valence-electron chi connectivity index (χ1n) is 6.31. The van der Waals surface area contributed by atoms with Gasteiger partial charge in [-0.1, -0.05) is 29.8 Å². The molecule has 0 atom stereocenters. The molecule has 0 saturated heterocycles. The maximum Gasteiger partial charge on any atom is 0.194 e. The van der Waals surface area contributed by atoms with Gasteiger partial charge >= 0.3 is 0 Å². The number of aryl methyl sites for hydroxylation is 1. The lowest BCUT2D eigenvalue weighted by molar-refractivity contribution is 0.446. The second kappa shape index (κ2) is 5.09. The number of nitrogens with zero attached hydrogens (tertiary/aromatic N) is 2. The van der Waals surface area contributed by atoms with Crippen molar-refractivity contribution in [2.24, 2.45) is 0 Å². The summed E-state index contributed by atoms with van der Waals surface area (Å²) in [7, 11) is 0. The van der Waals surface area contributed by atoms with Gasteiger partial charge < -0.3 is 0 Å². The Balaban J connectivity index is 2.02. The van der Waals surface area contributed by atoms with Gasteiger partial charge in [0.25, 0.3) is 0 Å². The minimum absolute atomic E-state index is 0.130. The Morgan fingerprint density at radius 1 is 0.952 bits per heavy atom. The zero-order valence-corrected chi connectivity index (χ0v) is 11.1. The van der Waals surface area contributed by atoms with E-state index in [4.69, 9.17) is 0 Å². The van der Waals surface area contributed by atoms with Crippen LogP contribution in [0, 0.1) is 24.4 Å². The van der Waals surface area contributed by atoms with Crippen molar-refractivity contribution in [1.82, 2.24) is 9.78 Å². The third kappa shape index (κ3) is 2.54. The molecule has 1 aromatic heterocycles. The molecule has 0 amide bonds. The van der Waals surface area contributed by atoms with Crippen molar-refractivity contribution in [3.63, 3.8) is 0 Å². The highest BCUT2D eigenvalue weighted by Gasteiger charge is 2.12. The Morgan fingerprint density at radius 2 is 1.67 bits per heavy atom. The fourth-order valence-electron chi connectivity index (χ4n) is 2.11. The van der Waals surface area contributed by atoms with E-state index in [-0.39, 0.29) is 5.69 Å². The summed E-state index contributed by atoms with van der Waals surface area (Å²) in [5, 5.41) is 4.07. The minimum Gasteiger partial charge on any atom is -0.240 e. The lowest BCUT2D eigenvalue weighted by Gasteiger charge is -2.03. The molecule has 0 aliphatic heterocycles. The SMILES string of the molecule is Cc1cccc(-c2cnn(-c3cc(F)c(F)c(F)c3)c2)c1. The molecule has 0 spiro atoms. The summed E-state index contributed by atoms with van der Waals surface area (Å²) in [4.78, 5) is 0. The molecular weight excluding hydrogens is 277 g/mol. The maximum atomic E-state index is 13.3. The Labute approximate surface area is 119 Å². The first-order valence-corrected chi connectivity index (χ1v) is 6.31. The predicted octanol–water partition coefficient (Wildman–Crippen LogP) is 4.27. The molecule has 0 saturated carbocycles. The Hall–Kier alpha value is -2.56. The third-order valence-electron chi connectivity index (χ3n) is 3.17. The second-order valence-electron chi connectivity index (χ2n) is 4.77. The fraction of sp³-hybridized carbons (Fsp3) is 0.0625. The average Bonchev–Trinajstić information content (AvgIpc) is 2.94. The molecule has 5 heteroatoms. The van der Waals surface area contributed by atoms with E-state index in [1.165, 1.54) is 4.68 Å². The zero-order valence-electron chi connectivity index (χ0n) is 11.1. The second-order valence-corrected chi connectivity index (χ2v) is 4.77. The molecule has 2 nitrogen and oxygen atoms in total. The number of hydrogen-bond acceptors (Lipinski definition) is 1. The normalized spacial score (nSPS) is 10.9. The van der Waals surface area contributed by atoms with E-state index in [2.05, 4.69) is 5.10 Å². The van der Waals surface area contributed by atoms with Gasteiger partial charge in [-0.2, -0.15) is 5.10 Å². The fourth-order valence-corrected chi connectivity index (χ4v) is 2.11. The molecule has 3 aromatic rings. The van der Waals surface area contributed by atoms with Crippen LogP contribution in [-0.4, -0.2) is 9.78 Å². The summed E-state index contributed by atoms with van der Waals surface area (Å²) in [6.45, 7) is 1.97. The van der Waals surface area contributed by atoms with Gasteiger partial charge in [0.1, 0.15) is 0 Å². The van der Waals surface area contributed by atoms with Crippen LogP contribution < -0.4 is 0 Å². The molecule has 0 aliphatic rings. The van der Waals surface area contributed by atoms with E-state index in [0.29, 0.717) is 0 Å². The molecular formula is C16H11F3N2. The van der Waals surface area contributed by atoms with Crippen molar-refractivity contribution in [1.29, 1.82) is 0 Å². The first kappa shape index (κ1) is 13.4. The van der Waals surface area contributed by atoms with E-state index < -0.39 is 17.5 Å². The van der Waals surface area contributed by atoms with E-state index in [1.54, 1.807) is 12.4 Å². The van der Waals surface area contributed by atoms with Crippen LogP contribution in [0.1, 0.15) is 5.56 Å². The summed E-state index contributed by atoms with van der Waals surface area (Å²) in [6, 6.07) is 9.60. The topological polar surface area (TPSA) is 17.8 Å². The standard InChI is InChI=1S/C16H11F3N2/c1-10-3-2-4-11(5-10)12-8-20-21(9-12)13-6-14(17)16(19)15(18)7-13/h2-9H,1H3. The molecule has 1 heterocycles. The maximum absolute atomic E-state index is 13.3. The largest absolute Gasteiger partial charge is 0.240 e. The molecule has 0 bridgehead atoms. The third-order valence-corrected chi connectivity index (χ3v) is 3.17. The molecule has 106 valence electrons. The van der Waals surface area contributed by atoms with Crippen LogP contribution in [0.15, 0.2) is 48.8 Å². The van der Waals surface area contributed by atoms with E-state index in [1.807, 2.05) is 31.2 Å². The molecule has 3 rings (SSSR count). The Bertz CT molecular complexity index is 786. The van der Waals surface area contributed by atoms with E-state index in [9.17, 15) is 13.2 Å². The molecule has 2 aromatic carbocycles. The molecule has 0 N–H and O–H groups in total. The van der Waals surface area contributed by atoms with Crippen LogP contribution in [0.5, 0.6) is 0 Å². The molecule has 21 heavy (non-hydrogen) atoms. The smallest absolute Gasteiger partial charge is 0.194 e.